The zero-order valence-corrected chi connectivity index (χ0v) is 10.1. The number of aliphatic carboxylic acids is 1. The van der Waals surface area contributed by atoms with Crippen LogP contribution in [0.1, 0.15) is 26.7 Å². The Balaban J connectivity index is 2.26. The van der Waals surface area contributed by atoms with Crippen LogP contribution in [0, 0.1) is 5.41 Å². The van der Waals surface area contributed by atoms with E-state index in [1.807, 2.05) is 6.92 Å². The first-order chi connectivity index (χ1) is 7.52. The molecule has 0 aromatic carbocycles. The van der Waals surface area contributed by atoms with Crippen molar-refractivity contribution in [2.75, 3.05) is 26.3 Å². The standard InChI is InChI=1S/C12H21NO3/c1-10(7-11(14)15)8-13-9-12(2)3-5-16-6-4-12/h7,13H,3-6,8-9H2,1-2H3,(H,14,15). The normalized spacial score (nSPS) is 20.8. The molecule has 0 bridgehead atoms. The van der Waals surface area contributed by atoms with E-state index in [0.29, 0.717) is 12.0 Å². The van der Waals surface area contributed by atoms with Gasteiger partial charge < -0.3 is 15.2 Å². The van der Waals surface area contributed by atoms with Gasteiger partial charge in [0.2, 0.25) is 0 Å². The molecule has 1 rings (SSSR count). The van der Waals surface area contributed by atoms with Crippen molar-refractivity contribution in [2.24, 2.45) is 5.41 Å². The Morgan fingerprint density at radius 3 is 2.69 bits per heavy atom. The molecule has 1 saturated heterocycles. The summed E-state index contributed by atoms with van der Waals surface area (Å²) in [7, 11) is 0. The molecule has 0 atom stereocenters. The second kappa shape index (κ2) is 6.01. The molecule has 0 aliphatic carbocycles. The molecule has 2 N–H and O–H groups in total. The molecule has 16 heavy (non-hydrogen) atoms. The minimum absolute atomic E-state index is 0.293. The summed E-state index contributed by atoms with van der Waals surface area (Å²) < 4.78 is 5.33. The lowest BCUT2D eigenvalue weighted by molar-refractivity contribution is -0.131. The van der Waals surface area contributed by atoms with Gasteiger partial charge in [0.15, 0.2) is 0 Å². The van der Waals surface area contributed by atoms with E-state index in [0.717, 1.165) is 38.2 Å². The van der Waals surface area contributed by atoms with Crippen LogP contribution in [-0.4, -0.2) is 37.4 Å². The first-order valence-corrected chi connectivity index (χ1v) is 5.70. The lowest BCUT2D eigenvalue weighted by Gasteiger charge is -2.33. The molecule has 1 aliphatic heterocycles. The van der Waals surface area contributed by atoms with Gasteiger partial charge in [0, 0.05) is 32.4 Å². The van der Waals surface area contributed by atoms with Crippen LogP contribution in [0.25, 0.3) is 0 Å². The van der Waals surface area contributed by atoms with Gasteiger partial charge in [-0.1, -0.05) is 12.5 Å². The molecular weight excluding hydrogens is 206 g/mol. The van der Waals surface area contributed by atoms with Gasteiger partial charge in [-0.2, -0.15) is 0 Å². The molecule has 0 radical (unpaired) electrons. The topological polar surface area (TPSA) is 58.6 Å². The summed E-state index contributed by atoms with van der Waals surface area (Å²) in [5, 5.41) is 11.9. The zero-order chi connectivity index (χ0) is 12.0. The van der Waals surface area contributed by atoms with Crippen molar-refractivity contribution in [1.29, 1.82) is 0 Å². The third kappa shape index (κ3) is 4.77. The second-order valence-corrected chi connectivity index (χ2v) is 4.86. The first kappa shape index (κ1) is 13.2. The smallest absolute Gasteiger partial charge is 0.328 e. The van der Waals surface area contributed by atoms with Gasteiger partial charge in [0.25, 0.3) is 0 Å². The van der Waals surface area contributed by atoms with E-state index in [9.17, 15) is 4.79 Å². The highest BCUT2D eigenvalue weighted by molar-refractivity contribution is 5.80. The molecule has 4 nitrogen and oxygen atoms in total. The van der Waals surface area contributed by atoms with E-state index < -0.39 is 5.97 Å². The van der Waals surface area contributed by atoms with Gasteiger partial charge in [-0.25, -0.2) is 4.79 Å². The van der Waals surface area contributed by atoms with Crippen LogP contribution in [0.3, 0.4) is 0 Å². The van der Waals surface area contributed by atoms with Crippen molar-refractivity contribution in [3.8, 4) is 0 Å². The van der Waals surface area contributed by atoms with Crippen molar-refractivity contribution in [1.82, 2.24) is 5.32 Å². The summed E-state index contributed by atoms with van der Waals surface area (Å²) in [5.41, 5.74) is 1.14. The summed E-state index contributed by atoms with van der Waals surface area (Å²) in [5.74, 6) is -0.878. The minimum Gasteiger partial charge on any atom is -0.478 e. The van der Waals surface area contributed by atoms with Crippen molar-refractivity contribution in [3.05, 3.63) is 11.6 Å². The number of ether oxygens (including phenoxy) is 1. The highest BCUT2D eigenvalue weighted by Crippen LogP contribution is 2.28. The van der Waals surface area contributed by atoms with E-state index in [4.69, 9.17) is 9.84 Å². The largest absolute Gasteiger partial charge is 0.478 e. The molecule has 0 unspecified atom stereocenters. The monoisotopic (exact) mass is 227 g/mol. The number of hydrogen-bond acceptors (Lipinski definition) is 3. The SMILES string of the molecule is CC(=CC(=O)O)CNCC1(C)CCOCC1. The fourth-order valence-electron chi connectivity index (χ4n) is 1.86. The van der Waals surface area contributed by atoms with Gasteiger partial charge in [-0.15, -0.1) is 0 Å². The zero-order valence-electron chi connectivity index (χ0n) is 10.1. The maximum atomic E-state index is 10.4. The molecular formula is C12H21NO3. The van der Waals surface area contributed by atoms with Gasteiger partial charge in [0.1, 0.15) is 0 Å². The van der Waals surface area contributed by atoms with Crippen LogP contribution in [0.2, 0.25) is 0 Å². The summed E-state index contributed by atoms with van der Waals surface area (Å²) >= 11 is 0. The molecule has 92 valence electrons. The van der Waals surface area contributed by atoms with Crippen LogP contribution in [0.15, 0.2) is 11.6 Å². The number of carbonyl (C=O) groups is 1. The Hall–Kier alpha value is -0.870. The maximum absolute atomic E-state index is 10.4. The van der Waals surface area contributed by atoms with Crippen LogP contribution in [0.5, 0.6) is 0 Å². The molecule has 0 spiro atoms. The summed E-state index contributed by atoms with van der Waals surface area (Å²) in [6.07, 6.45) is 3.39. The van der Waals surface area contributed by atoms with Crippen molar-refractivity contribution in [2.45, 2.75) is 26.7 Å². The summed E-state index contributed by atoms with van der Waals surface area (Å²) in [6.45, 7) is 7.31. The van der Waals surface area contributed by atoms with Gasteiger partial charge in [-0.3, -0.25) is 0 Å². The van der Waals surface area contributed by atoms with Crippen LogP contribution in [-0.2, 0) is 9.53 Å². The van der Waals surface area contributed by atoms with E-state index >= 15 is 0 Å². The summed E-state index contributed by atoms with van der Waals surface area (Å²) in [4.78, 5) is 10.4. The van der Waals surface area contributed by atoms with E-state index in [1.165, 1.54) is 6.08 Å². The minimum atomic E-state index is -0.878. The number of rotatable bonds is 5. The number of hydrogen-bond donors (Lipinski definition) is 2. The van der Waals surface area contributed by atoms with E-state index in [-0.39, 0.29) is 0 Å². The Kier molecular flexibility index (Phi) is 4.96. The number of nitrogens with one attached hydrogen (secondary N) is 1. The molecule has 1 heterocycles. The van der Waals surface area contributed by atoms with E-state index in [1.54, 1.807) is 0 Å². The Bertz CT molecular complexity index is 267. The number of carboxylic acids is 1. The lowest BCUT2D eigenvalue weighted by atomic mass is 9.82. The molecule has 1 aliphatic rings. The summed E-state index contributed by atoms with van der Waals surface area (Å²) in [6, 6.07) is 0. The predicted molar refractivity (Wildman–Crippen MR) is 62.4 cm³/mol. The van der Waals surface area contributed by atoms with Crippen molar-refractivity contribution < 1.29 is 14.6 Å². The predicted octanol–water partition coefficient (Wildman–Crippen LogP) is 1.42. The molecule has 0 aromatic rings. The molecule has 0 amide bonds. The third-order valence-corrected chi connectivity index (χ3v) is 3.03. The Labute approximate surface area is 96.7 Å². The first-order valence-electron chi connectivity index (χ1n) is 5.70. The quantitative estimate of drug-likeness (QED) is 0.697. The highest BCUT2D eigenvalue weighted by atomic mass is 16.5. The molecule has 4 heteroatoms. The van der Waals surface area contributed by atoms with Crippen LogP contribution < -0.4 is 5.32 Å². The van der Waals surface area contributed by atoms with Gasteiger partial charge >= 0.3 is 5.97 Å². The highest BCUT2D eigenvalue weighted by Gasteiger charge is 2.26. The maximum Gasteiger partial charge on any atom is 0.328 e. The lowest BCUT2D eigenvalue weighted by Crippen LogP contribution is -2.37. The van der Waals surface area contributed by atoms with Crippen LogP contribution >= 0.6 is 0 Å². The second-order valence-electron chi connectivity index (χ2n) is 4.86. The van der Waals surface area contributed by atoms with Gasteiger partial charge in [0.05, 0.1) is 0 Å². The average Bonchev–Trinajstić information content (AvgIpc) is 2.17. The third-order valence-electron chi connectivity index (χ3n) is 3.03. The molecule has 0 aromatic heterocycles. The Morgan fingerprint density at radius 2 is 2.12 bits per heavy atom. The average molecular weight is 227 g/mol. The van der Waals surface area contributed by atoms with Gasteiger partial charge in [-0.05, 0) is 25.2 Å². The van der Waals surface area contributed by atoms with Crippen molar-refractivity contribution >= 4 is 5.97 Å². The fourth-order valence-corrected chi connectivity index (χ4v) is 1.86. The van der Waals surface area contributed by atoms with Crippen LogP contribution in [0.4, 0.5) is 0 Å². The number of carboxylic acid groups (broad SMARTS) is 1. The van der Waals surface area contributed by atoms with Crippen molar-refractivity contribution in [3.63, 3.8) is 0 Å². The Morgan fingerprint density at radius 1 is 1.50 bits per heavy atom. The molecule has 1 fully saturated rings. The fraction of sp³-hybridized carbons (Fsp3) is 0.750. The molecule has 0 saturated carbocycles. The van der Waals surface area contributed by atoms with E-state index in [2.05, 4.69) is 12.2 Å².